The van der Waals surface area contributed by atoms with E-state index in [4.69, 9.17) is 37.0 Å². The highest BCUT2D eigenvalue weighted by Crippen LogP contribution is 2.45. The Balaban J connectivity index is 5.42. The Kier molecular flexibility index (Phi) is 72.4. The summed E-state index contributed by atoms with van der Waals surface area (Å²) < 4.78 is 68.5. The number of carbonyl (C=O) groups is 4. The molecule has 0 aliphatic carbocycles. The zero-order chi connectivity index (χ0) is 76.0. The van der Waals surface area contributed by atoms with Gasteiger partial charge in [-0.05, 0) is 141 Å². The molecule has 0 amide bonds. The molecule has 3 N–H and O–H groups in total. The molecule has 594 valence electrons. The van der Waals surface area contributed by atoms with Crippen LogP contribution in [0.5, 0.6) is 0 Å². The Hall–Kier alpha value is -5.06. The van der Waals surface area contributed by atoms with Crippen LogP contribution in [-0.2, 0) is 65.4 Å². The third kappa shape index (κ3) is 75.2. The van der Waals surface area contributed by atoms with Gasteiger partial charge in [0.05, 0.1) is 26.4 Å². The molecule has 0 saturated carbocycles. The van der Waals surface area contributed by atoms with Gasteiger partial charge >= 0.3 is 39.5 Å². The van der Waals surface area contributed by atoms with Crippen molar-refractivity contribution >= 4 is 39.5 Å². The second-order valence-corrected chi connectivity index (χ2v) is 29.2. The number of phosphoric acid groups is 2. The second-order valence-electron chi connectivity index (χ2n) is 26.2. The first-order chi connectivity index (χ1) is 50.7. The lowest BCUT2D eigenvalue weighted by Gasteiger charge is -2.21. The third-order valence-electron chi connectivity index (χ3n) is 16.3. The summed E-state index contributed by atoms with van der Waals surface area (Å²) in [6, 6.07) is 0. The Morgan fingerprint density at radius 3 is 0.827 bits per heavy atom. The Bertz CT molecular complexity index is 2540. The van der Waals surface area contributed by atoms with E-state index in [9.17, 15) is 43.2 Å². The van der Waals surface area contributed by atoms with Crippen LogP contribution in [0.2, 0.25) is 0 Å². The van der Waals surface area contributed by atoms with Crippen LogP contribution < -0.4 is 0 Å². The maximum atomic E-state index is 13.1. The van der Waals surface area contributed by atoms with Crippen LogP contribution >= 0.6 is 15.6 Å². The fraction of sp³-hybridized carbons (Fsp3) is 0.671. The predicted molar refractivity (Wildman–Crippen MR) is 427 cm³/mol. The minimum Gasteiger partial charge on any atom is -0.462 e. The summed E-state index contributed by atoms with van der Waals surface area (Å²) in [5.74, 6) is -2.28. The number of phosphoric ester groups is 2. The highest BCUT2D eigenvalue weighted by molar-refractivity contribution is 7.47. The van der Waals surface area contributed by atoms with Crippen molar-refractivity contribution in [2.45, 2.75) is 329 Å². The van der Waals surface area contributed by atoms with Gasteiger partial charge in [-0.2, -0.15) is 0 Å². The molecule has 0 bridgehead atoms. The SMILES string of the molecule is CC/C=C\C/C=C\C/C=C\C/C=C\C/C=C\CCCC(=O)OC(COC(=O)CCCCCCCC/C=C\C/C=C\C/C=C\CCCCC)COP(=O)(O)OCC(O)COP(=O)(O)OCC(COC(=O)CCCCCC/C=C\C/C=C\C/C=C\C/C=C\CC)OC(=O)CCCCCCCCCCCCC. The van der Waals surface area contributed by atoms with Gasteiger partial charge in [-0.1, -0.05) is 289 Å². The van der Waals surface area contributed by atoms with Crippen LogP contribution in [0.4, 0.5) is 0 Å². The van der Waals surface area contributed by atoms with Gasteiger partial charge in [0.25, 0.3) is 0 Å². The number of hydrogen-bond acceptors (Lipinski definition) is 15. The first kappa shape index (κ1) is 98.9. The first-order valence-corrected chi connectivity index (χ1v) is 43.1. The maximum absolute atomic E-state index is 13.1. The third-order valence-corrected chi connectivity index (χ3v) is 18.2. The molecule has 0 aliphatic heterocycles. The molecule has 0 aromatic carbocycles. The summed E-state index contributed by atoms with van der Waals surface area (Å²) in [5, 5.41) is 10.6. The molecule has 0 aliphatic rings. The van der Waals surface area contributed by atoms with Crippen molar-refractivity contribution in [1.29, 1.82) is 0 Å². The summed E-state index contributed by atoms with van der Waals surface area (Å²) in [4.78, 5) is 73.0. The van der Waals surface area contributed by atoms with Gasteiger partial charge in [0, 0.05) is 25.7 Å². The second kappa shape index (κ2) is 76.1. The smallest absolute Gasteiger partial charge is 0.462 e. The van der Waals surface area contributed by atoms with E-state index in [1.807, 2.05) is 12.2 Å². The van der Waals surface area contributed by atoms with Gasteiger partial charge in [-0.15, -0.1) is 0 Å². The van der Waals surface area contributed by atoms with Crippen molar-refractivity contribution < 1.29 is 80.2 Å². The molecule has 104 heavy (non-hydrogen) atoms. The van der Waals surface area contributed by atoms with Crippen molar-refractivity contribution in [3.05, 3.63) is 146 Å². The zero-order valence-electron chi connectivity index (χ0n) is 64.9. The zero-order valence-corrected chi connectivity index (χ0v) is 66.7. The number of aliphatic hydroxyl groups is 1. The van der Waals surface area contributed by atoms with Crippen molar-refractivity contribution in [2.24, 2.45) is 0 Å². The highest BCUT2D eigenvalue weighted by atomic mass is 31.2. The average molecular weight is 1500 g/mol. The largest absolute Gasteiger partial charge is 0.472 e. The summed E-state index contributed by atoms with van der Waals surface area (Å²) in [6.45, 7) is 4.51. The van der Waals surface area contributed by atoms with Crippen LogP contribution in [0.25, 0.3) is 0 Å². The molecular formula is C85H142O17P2. The van der Waals surface area contributed by atoms with E-state index in [1.165, 1.54) is 57.8 Å². The van der Waals surface area contributed by atoms with Crippen LogP contribution in [-0.4, -0.2) is 96.7 Å². The molecule has 17 nitrogen and oxygen atoms in total. The van der Waals surface area contributed by atoms with Crippen LogP contribution in [0.1, 0.15) is 310 Å². The average Bonchev–Trinajstić information content (AvgIpc) is 0.908. The monoisotopic (exact) mass is 1500 g/mol. The van der Waals surface area contributed by atoms with E-state index in [0.29, 0.717) is 32.1 Å². The predicted octanol–water partition coefficient (Wildman–Crippen LogP) is 23.4. The van der Waals surface area contributed by atoms with E-state index >= 15 is 0 Å². The molecule has 0 aromatic rings. The number of unbranched alkanes of at least 4 members (excludes halogenated alkanes) is 24. The summed E-state index contributed by atoms with van der Waals surface area (Å²) in [6.07, 6.45) is 86.9. The molecule has 0 radical (unpaired) electrons. The normalized spacial score (nSPS) is 14.6. The van der Waals surface area contributed by atoms with Gasteiger partial charge in [-0.3, -0.25) is 37.3 Å². The van der Waals surface area contributed by atoms with Gasteiger partial charge in [0.1, 0.15) is 19.3 Å². The Morgan fingerprint density at radius 1 is 0.279 bits per heavy atom. The summed E-state index contributed by atoms with van der Waals surface area (Å²) in [7, 11) is -9.99. The van der Waals surface area contributed by atoms with E-state index in [1.54, 1.807) is 0 Å². The Labute approximate surface area is 630 Å². The Morgan fingerprint density at radius 2 is 0.510 bits per heavy atom. The minimum absolute atomic E-state index is 0.00961. The summed E-state index contributed by atoms with van der Waals surface area (Å²) >= 11 is 0. The number of rotatable bonds is 74. The molecule has 0 rings (SSSR count). The number of allylic oxidation sites excluding steroid dienone is 24. The minimum atomic E-state index is -5.00. The van der Waals surface area contributed by atoms with Crippen LogP contribution in [0.15, 0.2) is 146 Å². The van der Waals surface area contributed by atoms with Gasteiger partial charge in [0.15, 0.2) is 12.2 Å². The number of aliphatic hydroxyl groups excluding tert-OH is 1. The number of hydrogen-bond donors (Lipinski definition) is 3. The van der Waals surface area contributed by atoms with E-state index in [-0.39, 0.29) is 25.7 Å². The summed E-state index contributed by atoms with van der Waals surface area (Å²) in [5.41, 5.74) is 0. The molecule has 5 atom stereocenters. The topological polar surface area (TPSA) is 237 Å². The molecule has 0 spiro atoms. The molecule has 0 aromatic heterocycles. The van der Waals surface area contributed by atoms with E-state index < -0.39 is 97.5 Å². The number of ether oxygens (including phenoxy) is 4. The molecule has 0 heterocycles. The molecule has 19 heteroatoms. The molecular weight excluding hydrogens is 1350 g/mol. The first-order valence-electron chi connectivity index (χ1n) is 40.1. The fourth-order valence-electron chi connectivity index (χ4n) is 10.3. The molecule has 0 fully saturated rings. The number of carbonyl (C=O) groups excluding carboxylic acids is 4. The van der Waals surface area contributed by atoms with E-state index in [2.05, 4.69) is 161 Å². The lowest BCUT2D eigenvalue weighted by Crippen LogP contribution is -2.30. The lowest BCUT2D eigenvalue weighted by atomic mass is 10.1. The van der Waals surface area contributed by atoms with Gasteiger partial charge in [-0.25, -0.2) is 9.13 Å². The van der Waals surface area contributed by atoms with Crippen molar-refractivity contribution in [3.8, 4) is 0 Å². The van der Waals surface area contributed by atoms with Gasteiger partial charge in [0.2, 0.25) is 0 Å². The lowest BCUT2D eigenvalue weighted by molar-refractivity contribution is -0.161. The van der Waals surface area contributed by atoms with E-state index in [0.717, 1.165) is 167 Å². The van der Waals surface area contributed by atoms with Gasteiger partial charge < -0.3 is 33.8 Å². The van der Waals surface area contributed by atoms with Crippen molar-refractivity contribution in [1.82, 2.24) is 0 Å². The maximum Gasteiger partial charge on any atom is 0.472 e. The van der Waals surface area contributed by atoms with Crippen LogP contribution in [0, 0.1) is 0 Å². The molecule has 5 unspecified atom stereocenters. The standard InChI is InChI=1S/C85H142O17P2/c1-5-9-13-17-21-25-29-32-35-38-39-42-44-47-51-54-58-62-66-70-83(88)96-76-81(102-85(90)72-68-64-60-56-52-48-45-41-37-34-31-27-23-19-15-11-7-3)78-100-104(93,94)98-74-79(86)73-97-103(91,92)99-77-80(101-84(89)71-67-63-59-55-49-28-24-20-16-12-8-4)75-95-82(87)69-65-61-57-53-50-46-43-40-36-33-30-26-22-18-14-10-6-2/h10-11,14-15,21-23,25-27,32-37,39,42-43,45-46,48,56,60,79-81,86H,5-9,12-13,16-20,24,28-31,38,40-41,44,47,49-55,57-59,61-78H2,1-4H3,(H,91,92)(H,93,94)/b14-10-,15-11-,25-21-,26-22-,27-23-,35-32-,36-33-,37-34-,42-39-,46-43-,48-45-,60-56-. The highest BCUT2D eigenvalue weighted by Gasteiger charge is 2.30. The van der Waals surface area contributed by atoms with Crippen molar-refractivity contribution in [2.75, 3.05) is 39.6 Å². The fourth-order valence-corrected chi connectivity index (χ4v) is 11.8. The molecule has 0 saturated heterocycles. The van der Waals surface area contributed by atoms with Crippen molar-refractivity contribution in [3.63, 3.8) is 0 Å². The quantitative estimate of drug-likeness (QED) is 0.0169. The van der Waals surface area contributed by atoms with Crippen LogP contribution in [0.3, 0.4) is 0 Å². The number of esters is 4.